The van der Waals surface area contributed by atoms with Crippen molar-refractivity contribution in [3.8, 4) is 0 Å². The average molecular weight is 370 g/mol. The van der Waals surface area contributed by atoms with E-state index in [0.29, 0.717) is 6.61 Å². The largest absolute Gasteiger partial charge is 1.00 e. The van der Waals surface area contributed by atoms with Crippen molar-refractivity contribution in [2.45, 2.75) is 122 Å². The summed E-state index contributed by atoms with van der Waals surface area (Å²) in [6.45, 7) is 2.95. The molecule has 0 aromatic carbocycles. The van der Waals surface area contributed by atoms with Crippen LogP contribution in [0.5, 0.6) is 0 Å². The van der Waals surface area contributed by atoms with Crippen LogP contribution < -0.4 is 29.6 Å². The Labute approximate surface area is 177 Å². The minimum absolute atomic E-state index is 0. The molecule has 0 spiro atoms. The Bertz CT molecular complexity index is 234. The molecule has 2 nitrogen and oxygen atoms in total. The quantitative estimate of drug-likeness (QED) is 0.170. The molecular formula is C20H43NaO2P+. The van der Waals surface area contributed by atoms with E-state index < -0.39 is 8.69 Å². The van der Waals surface area contributed by atoms with Crippen LogP contribution in [0.2, 0.25) is 0 Å². The zero-order chi connectivity index (χ0) is 16.8. The summed E-state index contributed by atoms with van der Waals surface area (Å²) in [4.78, 5) is 0. The van der Waals surface area contributed by atoms with Crippen LogP contribution in [0.4, 0.5) is 0 Å². The molecular weight excluding hydrogens is 326 g/mol. The van der Waals surface area contributed by atoms with E-state index in [9.17, 15) is 4.57 Å². The second-order valence-electron chi connectivity index (χ2n) is 6.94. The summed E-state index contributed by atoms with van der Waals surface area (Å²) in [5, 5.41) is 0. The maximum Gasteiger partial charge on any atom is 1.00 e. The van der Waals surface area contributed by atoms with Crippen molar-refractivity contribution in [1.29, 1.82) is 0 Å². The fourth-order valence-electron chi connectivity index (χ4n) is 3.12. The number of rotatable bonds is 20. The van der Waals surface area contributed by atoms with Gasteiger partial charge in [-0.05, 0) is 11.0 Å². The molecule has 24 heavy (non-hydrogen) atoms. The first-order chi connectivity index (χ1) is 11.4. The van der Waals surface area contributed by atoms with Gasteiger partial charge in [-0.2, -0.15) is 0 Å². The molecule has 0 saturated carbocycles. The standard InChI is InChI=1S/C20H42O2P.Na.H/c1-2-3-4-5-6-7-8-9-10-11-12-13-14-15-16-17-18-19-20-22-23-21;;/h23H,2-20H2,1H3;;/q2*+1;-1. The van der Waals surface area contributed by atoms with Crippen molar-refractivity contribution in [3.05, 3.63) is 0 Å². The van der Waals surface area contributed by atoms with Gasteiger partial charge in [-0.25, -0.2) is 0 Å². The summed E-state index contributed by atoms with van der Waals surface area (Å²) >= 11 is 0. The van der Waals surface area contributed by atoms with Crippen LogP contribution in [0.25, 0.3) is 0 Å². The van der Waals surface area contributed by atoms with Gasteiger partial charge in [0.15, 0.2) is 0 Å². The maximum absolute atomic E-state index is 10.1. The van der Waals surface area contributed by atoms with Crippen LogP contribution in [0.1, 0.15) is 124 Å². The second kappa shape index (κ2) is 26.3. The van der Waals surface area contributed by atoms with Crippen LogP contribution in [0, 0.1) is 0 Å². The van der Waals surface area contributed by atoms with Crippen molar-refractivity contribution in [2.24, 2.45) is 0 Å². The summed E-state index contributed by atoms with van der Waals surface area (Å²) in [7, 11) is -0.582. The topological polar surface area (TPSA) is 26.3 Å². The Kier molecular flexibility index (Phi) is 29.9. The van der Waals surface area contributed by atoms with Gasteiger partial charge in [0.25, 0.3) is 0 Å². The van der Waals surface area contributed by atoms with E-state index in [1.165, 1.54) is 109 Å². The van der Waals surface area contributed by atoms with Crippen molar-refractivity contribution in [3.63, 3.8) is 0 Å². The van der Waals surface area contributed by atoms with Gasteiger partial charge < -0.3 is 1.43 Å². The predicted octanol–water partition coefficient (Wildman–Crippen LogP) is 5.10. The van der Waals surface area contributed by atoms with Crippen molar-refractivity contribution in [2.75, 3.05) is 6.61 Å². The van der Waals surface area contributed by atoms with E-state index in [1.807, 2.05) is 0 Å². The van der Waals surface area contributed by atoms with Crippen LogP contribution in [-0.2, 0) is 9.09 Å². The zero-order valence-electron chi connectivity index (χ0n) is 17.8. The Morgan fingerprint density at radius 2 is 0.875 bits per heavy atom. The van der Waals surface area contributed by atoms with Crippen LogP contribution in [0.15, 0.2) is 0 Å². The average Bonchev–Trinajstić information content (AvgIpc) is 2.57. The monoisotopic (exact) mass is 369 g/mol. The molecule has 140 valence electrons. The fraction of sp³-hybridized carbons (Fsp3) is 1.00. The molecule has 0 heterocycles. The first-order valence-electron chi connectivity index (χ1n) is 10.4. The summed E-state index contributed by atoms with van der Waals surface area (Å²) in [6, 6.07) is 0. The van der Waals surface area contributed by atoms with Crippen LogP contribution in [0.3, 0.4) is 0 Å². The molecule has 0 fully saturated rings. The fourth-order valence-corrected chi connectivity index (χ4v) is 3.35. The van der Waals surface area contributed by atoms with E-state index >= 15 is 0 Å². The smallest absolute Gasteiger partial charge is 1.00 e. The van der Waals surface area contributed by atoms with Gasteiger partial charge in [-0.3, -0.25) is 0 Å². The maximum atomic E-state index is 10.1. The third-order valence-electron chi connectivity index (χ3n) is 4.66. The molecule has 4 heteroatoms. The van der Waals surface area contributed by atoms with E-state index in [0.717, 1.165) is 6.42 Å². The van der Waals surface area contributed by atoms with Gasteiger partial charge in [-0.15, -0.1) is 4.52 Å². The van der Waals surface area contributed by atoms with Crippen molar-refractivity contribution >= 4 is 8.69 Å². The third kappa shape index (κ3) is 25.3. The first-order valence-corrected chi connectivity index (χ1v) is 11.2. The van der Waals surface area contributed by atoms with E-state index in [1.54, 1.807) is 0 Å². The number of hydrogen-bond acceptors (Lipinski definition) is 2. The van der Waals surface area contributed by atoms with Crippen LogP contribution >= 0.6 is 8.69 Å². The molecule has 1 atom stereocenters. The SMILES string of the molecule is CCCCCCCCCCCCCCCCCCCCO[PH+]=O.[H-].[Na+]. The van der Waals surface area contributed by atoms with Gasteiger partial charge in [0, 0.05) is 0 Å². The van der Waals surface area contributed by atoms with E-state index in [2.05, 4.69) is 6.92 Å². The third-order valence-corrected chi connectivity index (χ3v) is 4.98. The minimum Gasteiger partial charge on any atom is -1.00 e. The Balaban J connectivity index is -0.00000242. The molecule has 0 rings (SSSR count). The van der Waals surface area contributed by atoms with E-state index in [4.69, 9.17) is 4.52 Å². The molecule has 0 amide bonds. The summed E-state index contributed by atoms with van der Waals surface area (Å²) in [6.07, 6.45) is 25.1. The summed E-state index contributed by atoms with van der Waals surface area (Å²) in [5.41, 5.74) is 0. The molecule has 0 aliphatic heterocycles. The van der Waals surface area contributed by atoms with Gasteiger partial charge in [-0.1, -0.05) is 116 Å². The van der Waals surface area contributed by atoms with Crippen LogP contribution in [-0.4, -0.2) is 6.61 Å². The van der Waals surface area contributed by atoms with Gasteiger partial charge in [0.1, 0.15) is 6.61 Å². The molecule has 0 aromatic heterocycles. The first kappa shape index (κ1) is 27.3. The molecule has 0 saturated heterocycles. The molecule has 0 aromatic rings. The molecule has 1 unspecified atom stereocenters. The Hall–Kier alpha value is 1.06. The van der Waals surface area contributed by atoms with Gasteiger partial charge in [0.2, 0.25) is 0 Å². The Morgan fingerprint density at radius 1 is 0.583 bits per heavy atom. The summed E-state index contributed by atoms with van der Waals surface area (Å²) < 4.78 is 15.0. The molecule has 0 aliphatic rings. The minimum atomic E-state index is -0.582. The predicted molar refractivity (Wildman–Crippen MR) is 105 cm³/mol. The molecule has 0 N–H and O–H groups in total. The molecule has 0 bridgehead atoms. The van der Waals surface area contributed by atoms with Crippen molar-refractivity contribution in [1.82, 2.24) is 0 Å². The number of unbranched alkanes of at least 4 members (excludes halogenated alkanes) is 17. The molecule has 0 aliphatic carbocycles. The van der Waals surface area contributed by atoms with Gasteiger partial charge in [0.05, 0.1) is 0 Å². The van der Waals surface area contributed by atoms with Crippen molar-refractivity contribution < 1.29 is 40.1 Å². The molecule has 0 radical (unpaired) electrons. The normalized spacial score (nSPS) is 10.9. The zero-order valence-corrected chi connectivity index (χ0v) is 19.8. The van der Waals surface area contributed by atoms with Gasteiger partial charge >= 0.3 is 38.2 Å². The number of hydrogen-bond donors (Lipinski definition) is 0. The Morgan fingerprint density at radius 3 is 1.17 bits per heavy atom. The summed E-state index contributed by atoms with van der Waals surface area (Å²) in [5.74, 6) is 0. The second-order valence-corrected chi connectivity index (χ2v) is 7.40. The van der Waals surface area contributed by atoms with E-state index in [-0.39, 0.29) is 31.0 Å².